The molecule has 0 bridgehead atoms. The molecule has 0 saturated heterocycles. The quantitative estimate of drug-likeness (QED) is 0.605. The Labute approximate surface area is 94.8 Å². The second kappa shape index (κ2) is 6.14. The Bertz CT molecular complexity index is 374. The van der Waals surface area contributed by atoms with Gasteiger partial charge >= 0.3 is 0 Å². The van der Waals surface area contributed by atoms with Crippen molar-refractivity contribution >= 4 is 11.8 Å². The van der Waals surface area contributed by atoms with Crippen LogP contribution in [0.1, 0.15) is 6.92 Å². The van der Waals surface area contributed by atoms with Gasteiger partial charge < -0.3 is 5.11 Å². The van der Waals surface area contributed by atoms with Gasteiger partial charge in [0.05, 0.1) is 0 Å². The van der Waals surface area contributed by atoms with Crippen LogP contribution in [-0.4, -0.2) is 5.11 Å². The summed E-state index contributed by atoms with van der Waals surface area (Å²) < 4.78 is 0. The molecule has 1 aromatic rings. The summed E-state index contributed by atoms with van der Waals surface area (Å²) in [5.74, 6) is 0.294. The lowest BCUT2D eigenvalue weighted by molar-refractivity contribution is 0.475. The van der Waals surface area contributed by atoms with E-state index in [1.165, 1.54) is 0 Å². The fourth-order valence-electron chi connectivity index (χ4n) is 1.00. The molecule has 0 aliphatic rings. The minimum atomic E-state index is 0.294. The third-order valence-corrected chi connectivity index (χ3v) is 2.87. The lowest BCUT2D eigenvalue weighted by Gasteiger charge is -2.01. The number of hydrogen-bond acceptors (Lipinski definition) is 2. The summed E-state index contributed by atoms with van der Waals surface area (Å²) in [5.41, 5.74) is 0. The molecule has 0 aliphatic heterocycles. The zero-order valence-corrected chi connectivity index (χ0v) is 9.50. The van der Waals surface area contributed by atoms with Crippen molar-refractivity contribution in [3.05, 3.63) is 60.1 Å². The van der Waals surface area contributed by atoms with Crippen molar-refractivity contribution in [3.8, 4) is 5.75 Å². The summed E-state index contributed by atoms with van der Waals surface area (Å²) in [5, 5.41) is 9.14. The molecule has 1 nitrogen and oxygen atoms in total. The van der Waals surface area contributed by atoms with Crippen LogP contribution in [0.25, 0.3) is 0 Å². The average Bonchev–Trinajstić information content (AvgIpc) is 2.27. The van der Waals surface area contributed by atoms with Gasteiger partial charge in [-0.3, -0.25) is 0 Å². The van der Waals surface area contributed by atoms with Crippen molar-refractivity contribution in [2.75, 3.05) is 0 Å². The van der Waals surface area contributed by atoms with Gasteiger partial charge in [0.15, 0.2) is 0 Å². The number of hydrogen-bond donors (Lipinski definition) is 1. The predicted molar refractivity (Wildman–Crippen MR) is 67.1 cm³/mol. The van der Waals surface area contributed by atoms with Crippen LogP contribution < -0.4 is 0 Å². The Morgan fingerprint density at radius 1 is 1.33 bits per heavy atom. The normalized spacial score (nSPS) is 11.9. The van der Waals surface area contributed by atoms with Gasteiger partial charge in [-0.1, -0.05) is 36.6 Å². The van der Waals surface area contributed by atoms with Crippen molar-refractivity contribution in [2.24, 2.45) is 0 Å². The molecule has 78 valence electrons. The molecule has 0 aliphatic carbocycles. The summed E-state index contributed by atoms with van der Waals surface area (Å²) in [6.45, 7) is 5.63. The number of aromatic hydroxyl groups is 1. The van der Waals surface area contributed by atoms with Crippen LogP contribution in [0.15, 0.2) is 64.9 Å². The van der Waals surface area contributed by atoms with Crippen LogP contribution in [0, 0.1) is 0 Å². The lowest BCUT2D eigenvalue weighted by Crippen LogP contribution is -1.73. The molecule has 0 unspecified atom stereocenters. The fourth-order valence-corrected chi connectivity index (χ4v) is 1.81. The first kappa shape index (κ1) is 11.7. The van der Waals surface area contributed by atoms with Gasteiger partial charge in [0.2, 0.25) is 0 Å². The maximum absolute atomic E-state index is 9.14. The van der Waals surface area contributed by atoms with Crippen LogP contribution in [0.2, 0.25) is 0 Å². The molecule has 15 heavy (non-hydrogen) atoms. The zero-order chi connectivity index (χ0) is 11.1. The maximum atomic E-state index is 9.14. The largest absolute Gasteiger partial charge is 0.508 e. The first-order chi connectivity index (χ1) is 7.26. The number of phenolic OH excluding ortho intramolecular Hbond substituents is 1. The van der Waals surface area contributed by atoms with E-state index >= 15 is 0 Å². The van der Waals surface area contributed by atoms with Gasteiger partial charge in [0, 0.05) is 9.80 Å². The Hall–Kier alpha value is -1.41. The first-order valence-electron chi connectivity index (χ1n) is 4.68. The van der Waals surface area contributed by atoms with E-state index in [1.807, 2.05) is 37.3 Å². The fraction of sp³-hybridized carbons (Fsp3) is 0.0769. The minimum Gasteiger partial charge on any atom is -0.508 e. The Morgan fingerprint density at radius 3 is 2.53 bits per heavy atom. The van der Waals surface area contributed by atoms with Crippen LogP contribution in [0.4, 0.5) is 0 Å². The Balaban J connectivity index is 2.71. The predicted octanol–water partition coefficient (Wildman–Crippen LogP) is 4.13. The van der Waals surface area contributed by atoms with E-state index in [1.54, 1.807) is 30.0 Å². The highest BCUT2D eigenvalue weighted by Gasteiger charge is 1.96. The molecule has 0 aromatic heterocycles. The zero-order valence-electron chi connectivity index (χ0n) is 8.68. The van der Waals surface area contributed by atoms with Crippen LogP contribution in [0.5, 0.6) is 5.75 Å². The molecule has 0 saturated carbocycles. The van der Waals surface area contributed by atoms with Gasteiger partial charge in [-0.05, 0) is 37.3 Å². The van der Waals surface area contributed by atoms with Crippen molar-refractivity contribution in [1.29, 1.82) is 0 Å². The summed E-state index contributed by atoms with van der Waals surface area (Å²) in [6, 6.07) is 7.16. The molecular formula is C13H14OS. The van der Waals surface area contributed by atoms with E-state index in [9.17, 15) is 0 Å². The van der Waals surface area contributed by atoms with E-state index in [0.717, 1.165) is 9.80 Å². The summed E-state index contributed by atoms with van der Waals surface area (Å²) in [4.78, 5) is 2.26. The summed E-state index contributed by atoms with van der Waals surface area (Å²) >= 11 is 1.65. The number of allylic oxidation sites excluding steroid dienone is 4. The van der Waals surface area contributed by atoms with Crippen LogP contribution >= 0.6 is 11.8 Å². The number of benzene rings is 1. The average molecular weight is 218 g/mol. The van der Waals surface area contributed by atoms with Crippen LogP contribution in [-0.2, 0) is 0 Å². The van der Waals surface area contributed by atoms with Crippen LogP contribution in [0.3, 0.4) is 0 Å². The van der Waals surface area contributed by atoms with E-state index in [4.69, 9.17) is 5.11 Å². The molecule has 0 heterocycles. The topological polar surface area (TPSA) is 20.2 Å². The molecule has 0 spiro atoms. The number of phenols is 1. The van der Waals surface area contributed by atoms with Crippen molar-refractivity contribution in [3.63, 3.8) is 0 Å². The molecule has 0 atom stereocenters. The highest BCUT2D eigenvalue weighted by atomic mass is 32.2. The van der Waals surface area contributed by atoms with Crippen molar-refractivity contribution < 1.29 is 5.11 Å². The highest BCUT2D eigenvalue weighted by molar-refractivity contribution is 8.03. The minimum absolute atomic E-state index is 0.294. The van der Waals surface area contributed by atoms with E-state index in [-0.39, 0.29) is 0 Å². The first-order valence-corrected chi connectivity index (χ1v) is 5.50. The molecule has 0 fully saturated rings. The number of rotatable bonds is 4. The van der Waals surface area contributed by atoms with Gasteiger partial charge in [-0.25, -0.2) is 0 Å². The van der Waals surface area contributed by atoms with Gasteiger partial charge in [-0.2, -0.15) is 0 Å². The molecule has 2 heteroatoms. The van der Waals surface area contributed by atoms with Gasteiger partial charge in [-0.15, -0.1) is 0 Å². The smallest absolute Gasteiger partial charge is 0.115 e. The molecular weight excluding hydrogens is 204 g/mol. The molecule has 0 amide bonds. The molecule has 1 aromatic carbocycles. The monoisotopic (exact) mass is 218 g/mol. The summed E-state index contributed by atoms with van der Waals surface area (Å²) in [6.07, 6.45) is 7.70. The third kappa shape index (κ3) is 4.09. The second-order valence-electron chi connectivity index (χ2n) is 2.88. The molecule has 1 rings (SSSR count). The second-order valence-corrected chi connectivity index (χ2v) is 4.03. The third-order valence-electron chi connectivity index (χ3n) is 1.75. The van der Waals surface area contributed by atoms with E-state index in [2.05, 4.69) is 6.58 Å². The maximum Gasteiger partial charge on any atom is 0.115 e. The molecule has 0 radical (unpaired) electrons. The highest BCUT2D eigenvalue weighted by Crippen LogP contribution is 2.28. The molecule has 1 N–H and O–H groups in total. The van der Waals surface area contributed by atoms with Gasteiger partial charge in [0.1, 0.15) is 5.75 Å². The van der Waals surface area contributed by atoms with E-state index < -0.39 is 0 Å². The standard InChI is InChI=1S/C13H14OS/c1-3-5-6-12(4-2)15-13-9-7-11(14)8-10-13/h3-10,14H,1H2,2H3/b6-5-,12-4+. The van der Waals surface area contributed by atoms with Crippen molar-refractivity contribution in [2.45, 2.75) is 11.8 Å². The SMILES string of the molecule is C=C/C=C\C(=C/C)Sc1ccc(O)cc1. The van der Waals surface area contributed by atoms with Gasteiger partial charge in [0.25, 0.3) is 0 Å². The number of thioether (sulfide) groups is 1. The summed E-state index contributed by atoms with van der Waals surface area (Å²) in [7, 11) is 0. The Morgan fingerprint density at radius 2 is 2.00 bits per heavy atom. The Kier molecular flexibility index (Phi) is 4.78. The van der Waals surface area contributed by atoms with Crippen molar-refractivity contribution in [1.82, 2.24) is 0 Å². The van der Waals surface area contributed by atoms with E-state index in [0.29, 0.717) is 5.75 Å². The lowest BCUT2D eigenvalue weighted by atomic mass is 10.3.